The van der Waals surface area contributed by atoms with Crippen molar-refractivity contribution in [3.63, 3.8) is 0 Å². The van der Waals surface area contributed by atoms with Gasteiger partial charge in [0.25, 0.3) is 0 Å². The van der Waals surface area contributed by atoms with Crippen LogP contribution < -0.4 is 5.32 Å². The van der Waals surface area contributed by atoms with Crippen LogP contribution in [0.15, 0.2) is 12.3 Å². The molecule has 1 aromatic rings. The van der Waals surface area contributed by atoms with Crippen LogP contribution in [0.25, 0.3) is 0 Å². The van der Waals surface area contributed by atoms with Crippen LogP contribution in [0.5, 0.6) is 0 Å². The zero-order valence-corrected chi connectivity index (χ0v) is 10.3. The lowest BCUT2D eigenvalue weighted by Gasteiger charge is -2.20. The molecule has 0 amide bonds. The van der Waals surface area contributed by atoms with E-state index in [1.807, 2.05) is 25.0 Å². The predicted octanol–water partition coefficient (Wildman–Crippen LogP) is 0.976. The Kier molecular flexibility index (Phi) is 3.61. The SMILES string of the molecule is CNC(Cc1ccn(C)n1)C1COC(C)C1. The molecule has 4 heteroatoms. The first-order chi connectivity index (χ1) is 7.69. The Bertz CT molecular complexity index is 337. The van der Waals surface area contributed by atoms with Gasteiger partial charge >= 0.3 is 0 Å². The van der Waals surface area contributed by atoms with Gasteiger partial charge < -0.3 is 10.1 Å². The average Bonchev–Trinajstić information content (AvgIpc) is 2.84. The summed E-state index contributed by atoms with van der Waals surface area (Å²) in [4.78, 5) is 0. The van der Waals surface area contributed by atoms with E-state index in [9.17, 15) is 0 Å². The van der Waals surface area contributed by atoms with Crippen molar-refractivity contribution in [2.24, 2.45) is 13.0 Å². The standard InChI is InChI=1S/C12H21N3O/c1-9-6-10(8-16-9)12(13-2)7-11-4-5-15(3)14-11/h4-5,9-10,12-13H,6-8H2,1-3H3. The van der Waals surface area contributed by atoms with Crippen molar-refractivity contribution in [2.75, 3.05) is 13.7 Å². The molecule has 1 aliphatic rings. The lowest BCUT2D eigenvalue weighted by atomic mass is 9.93. The van der Waals surface area contributed by atoms with Crippen LogP contribution in [0.3, 0.4) is 0 Å². The fraction of sp³-hybridized carbons (Fsp3) is 0.750. The van der Waals surface area contributed by atoms with Crippen molar-refractivity contribution in [2.45, 2.75) is 31.9 Å². The molecule has 2 rings (SSSR count). The number of rotatable bonds is 4. The molecule has 1 aliphatic heterocycles. The largest absolute Gasteiger partial charge is 0.378 e. The number of likely N-dealkylation sites (N-methyl/N-ethyl adjacent to an activating group) is 1. The lowest BCUT2D eigenvalue weighted by Crippen LogP contribution is -2.36. The summed E-state index contributed by atoms with van der Waals surface area (Å²) in [6.45, 7) is 3.02. The quantitative estimate of drug-likeness (QED) is 0.827. The molecule has 0 spiro atoms. The first-order valence-corrected chi connectivity index (χ1v) is 5.96. The van der Waals surface area contributed by atoms with Crippen molar-refractivity contribution in [3.8, 4) is 0 Å². The summed E-state index contributed by atoms with van der Waals surface area (Å²) in [6, 6.07) is 2.56. The van der Waals surface area contributed by atoms with Crippen molar-refractivity contribution >= 4 is 0 Å². The molecule has 3 atom stereocenters. The van der Waals surface area contributed by atoms with Gasteiger partial charge in [-0.1, -0.05) is 0 Å². The number of nitrogens with zero attached hydrogens (tertiary/aromatic N) is 2. The lowest BCUT2D eigenvalue weighted by molar-refractivity contribution is 0.117. The smallest absolute Gasteiger partial charge is 0.0640 e. The van der Waals surface area contributed by atoms with Gasteiger partial charge in [-0.15, -0.1) is 0 Å². The molecule has 0 aliphatic carbocycles. The molecule has 1 fully saturated rings. The molecule has 0 radical (unpaired) electrons. The summed E-state index contributed by atoms with van der Waals surface area (Å²) in [6.07, 6.45) is 4.54. The molecule has 2 heterocycles. The first kappa shape index (κ1) is 11.6. The van der Waals surface area contributed by atoms with Crippen molar-refractivity contribution in [1.29, 1.82) is 0 Å². The van der Waals surface area contributed by atoms with Crippen LogP contribution in [-0.2, 0) is 18.2 Å². The van der Waals surface area contributed by atoms with Crippen molar-refractivity contribution < 1.29 is 4.74 Å². The van der Waals surface area contributed by atoms with Crippen LogP contribution in [0.1, 0.15) is 19.0 Å². The minimum Gasteiger partial charge on any atom is -0.378 e. The Labute approximate surface area is 97.0 Å². The Balaban J connectivity index is 1.95. The molecule has 1 aromatic heterocycles. The fourth-order valence-electron chi connectivity index (χ4n) is 2.43. The summed E-state index contributed by atoms with van der Waals surface area (Å²) < 4.78 is 7.48. The summed E-state index contributed by atoms with van der Waals surface area (Å²) in [5.41, 5.74) is 1.15. The maximum atomic E-state index is 5.63. The second kappa shape index (κ2) is 4.97. The number of ether oxygens (including phenoxy) is 1. The van der Waals surface area contributed by atoms with Gasteiger partial charge in [-0.25, -0.2) is 0 Å². The van der Waals surface area contributed by atoms with Crippen molar-refractivity contribution in [3.05, 3.63) is 18.0 Å². The summed E-state index contributed by atoms with van der Waals surface area (Å²) in [5, 5.41) is 7.82. The molecule has 1 saturated heterocycles. The highest BCUT2D eigenvalue weighted by Gasteiger charge is 2.29. The van der Waals surface area contributed by atoms with Gasteiger partial charge in [0.15, 0.2) is 0 Å². The third-order valence-electron chi connectivity index (χ3n) is 3.37. The normalized spacial score (nSPS) is 27.2. The Morgan fingerprint density at radius 3 is 3.00 bits per heavy atom. The van der Waals surface area contributed by atoms with E-state index in [0.29, 0.717) is 18.1 Å². The monoisotopic (exact) mass is 223 g/mol. The average molecular weight is 223 g/mol. The highest BCUT2D eigenvalue weighted by Crippen LogP contribution is 2.23. The topological polar surface area (TPSA) is 39.1 Å². The van der Waals surface area contributed by atoms with Gasteiger partial charge in [-0.3, -0.25) is 4.68 Å². The third kappa shape index (κ3) is 2.62. The number of aryl methyl sites for hydroxylation is 1. The summed E-state index contributed by atoms with van der Waals surface area (Å²) in [7, 11) is 3.98. The van der Waals surface area contributed by atoms with Gasteiger partial charge in [0.2, 0.25) is 0 Å². The van der Waals surface area contributed by atoms with E-state index in [0.717, 1.165) is 25.1 Å². The number of hydrogen-bond donors (Lipinski definition) is 1. The minimum atomic E-state index is 0.407. The maximum absolute atomic E-state index is 5.63. The van der Waals surface area contributed by atoms with Gasteiger partial charge in [-0.05, 0) is 26.5 Å². The van der Waals surface area contributed by atoms with Gasteiger partial charge in [0.05, 0.1) is 18.4 Å². The van der Waals surface area contributed by atoms with Crippen LogP contribution in [0.2, 0.25) is 0 Å². The minimum absolute atomic E-state index is 0.407. The predicted molar refractivity (Wildman–Crippen MR) is 63.3 cm³/mol. The van der Waals surface area contributed by atoms with E-state index in [1.165, 1.54) is 0 Å². The molecule has 90 valence electrons. The van der Waals surface area contributed by atoms with E-state index in [-0.39, 0.29) is 0 Å². The summed E-state index contributed by atoms with van der Waals surface area (Å²) in [5.74, 6) is 0.613. The van der Waals surface area contributed by atoms with Gasteiger partial charge in [0, 0.05) is 31.6 Å². The molecule has 3 unspecified atom stereocenters. The van der Waals surface area contributed by atoms with Crippen LogP contribution >= 0.6 is 0 Å². The van der Waals surface area contributed by atoms with Crippen LogP contribution in [0, 0.1) is 5.92 Å². The van der Waals surface area contributed by atoms with Gasteiger partial charge in [-0.2, -0.15) is 5.10 Å². The highest BCUT2D eigenvalue weighted by atomic mass is 16.5. The van der Waals surface area contributed by atoms with Crippen molar-refractivity contribution in [1.82, 2.24) is 15.1 Å². The Morgan fingerprint density at radius 1 is 1.69 bits per heavy atom. The molecular formula is C12H21N3O. The van der Waals surface area contributed by atoms with Crippen LogP contribution in [0.4, 0.5) is 0 Å². The van der Waals surface area contributed by atoms with E-state index < -0.39 is 0 Å². The zero-order valence-electron chi connectivity index (χ0n) is 10.3. The molecule has 4 nitrogen and oxygen atoms in total. The fourth-order valence-corrected chi connectivity index (χ4v) is 2.43. The molecule has 0 bridgehead atoms. The maximum Gasteiger partial charge on any atom is 0.0640 e. The van der Waals surface area contributed by atoms with Gasteiger partial charge in [0.1, 0.15) is 0 Å². The van der Waals surface area contributed by atoms with E-state index in [1.54, 1.807) is 0 Å². The molecule has 16 heavy (non-hydrogen) atoms. The Hall–Kier alpha value is -0.870. The van der Waals surface area contributed by atoms with E-state index >= 15 is 0 Å². The highest BCUT2D eigenvalue weighted by molar-refractivity contribution is 5.02. The molecule has 0 aromatic carbocycles. The number of aromatic nitrogens is 2. The number of hydrogen-bond acceptors (Lipinski definition) is 3. The van der Waals surface area contributed by atoms with E-state index in [2.05, 4.69) is 23.4 Å². The second-order valence-electron chi connectivity index (χ2n) is 4.72. The first-order valence-electron chi connectivity index (χ1n) is 5.96. The number of nitrogens with one attached hydrogen (secondary N) is 1. The summed E-state index contributed by atoms with van der Waals surface area (Å²) >= 11 is 0. The molecule has 0 saturated carbocycles. The second-order valence-corrected chi connectivity index (χ2v) is 4.72. The van der Waals surface area contributed by atoms with Crippen LogP contribution in [-0.4, -0.2) is 35.6 Å². The van der Waals surface area contributed by atoms with E-state index in [4.69, 9.17) is 4.74 Å². The zero-order chi connectivity index (χ0) is 11.5. The molecule has 1 N–H and O–H groups in total. The molecular weight excluding hydrogens is 202 g/mol. The Morgan fingerprint density at radius 2 is 2.50 bits per heavy atom. The third-order valence-corrected chi connectivity index (χ3v) is 3.37.